The molecule has 0 aromatic heterocycles. The number of benzene rings is 3. The van der Waals surface area contributed by atoms with Crippen LogP contribution in [0.5, 0.6) is 11.5 Å². The van der Waals surface area contributed by atoms with Crippen molar-refractivity contribution in [2.75, 3.05) is 26.3 Å². The number of hydrogen-bond donors (Lipinski definition) is 2. The summed E-state index contributed by atoms with van der Waals surface area (Å²) in [5.41, 5.74) is 5.36. The van der Waals surface area contributed by atoms with E-state index >= 15 is 0 Å². The van der Waals surface area contributed by atoms with E-state index < -0.39 is 5.97 Å². The lowest BCUT2D eigenvalue weighted by Crippen LogP contribution is -2.35. The summed E-state index contributed by atoms with van der Waals surface area (Å²) < 4.78 is 12.3. The molecule has 6 nitrogen and oxygen atoms in total. The Balaban J connectivity index is 1.47. The van der Waals surface area contributed by atoms with E-state index in [0.717, 1.165) is 59.2 Å². The number of likely N-dealkylation sites (tertiary alicyclic amines) is 1. The lowest BCUT2D eigenvalue weighted by Gasteiger charge is -2.29. The van der Waals surface area contributed by atoms with Crippen molar-refractivity contribution in [3.05, 3.63) is 99.5 Å². The van der Waals surface area contributed by atoms with Gasteiger partial charge in [0, 0.05) is 24.1 Å². The molecule has 0 bridgehead atoms. The number of aliphatic hydroxyl groups excluding tert-OH is 1. The van der Waals surface area contributed by atoms with E-state index in [0.29, 0.717) is 18.1 Å². The maximum atomic E-state index is 10.8. The summed E-state index contributed by atoms with van der Waals surface area (Å²) in [5, 5.41) is 18.6. The first-order valence-corrected chi connectivity index (χ1v) is 13.2. The van der Waals surface area contributed by atoms with Crippen LogP contribution in [-0.2, 0) is 11.3 Å². The second-order valence-electron chi connectivity index (χ2n) is 9.25. The van der Waals surface area contributed by atoms with Gasteiger partial charge in [0.1, 0.15) is 18.1 Å². The summed E-state index contributed by atoms with van der Waals surface area (Å²) >= 11 is 3.52. The highest BCUT2D eigenvalue weighted by molar-refractivity contribution is 9.10. The third-order valence-electron chi connectivity index (χ3n) is 6.42. The van der Waals surface area contributed by atoms with Gasteiger partial charge in [-0.3, -0.25) is 4.90 Å². The number of aliphatic hydroxyl groups is 1. The normalized spacial score (nSPS) is 14.9. The monoisotopic (exact) mass is 565 g/mol. The first-order valence-electron chi connectivity index (χ1n) is 12.4. The van der Waals surface area contributed by atoms with Crippen molar-refractivity contribution in [1.82, 2.24) is 4.90 Å². The third kappa shape index (κ3) is 7.92. The standard InChI is InChI=1S/C30H32BrNO5/c1-21-18-27(10-11-29(21)37-20-30(34)35)36-17-14-28(24-6-8-25(31)9-7-24)23-4-2-22(3-5-23)19-32-15-12-26(33)13-16-32/h2-11,14,18,26,33H,12-13,15-17,19-20H2,1H3,(H,34,35)/b28-14+. The molecule has 0 aliphatic carbocycles. The number of carboxylic acid groups (broad SMARTS) is 1. The Morgan fingerprint density at radius 3 is 2.27 bits per heavy atom. The van der Waals surface area contributed by atoms with E-state index in [1.807, 2.05) is 25.1 Å². The van der Waals surface area contributed by atoms with Crippen molar-refractivity contribution < 1.29 is 24.5 Å². The van der Waals surface area contributed by atoms with Crippen molar-refractivity contribution in [3.8, 4) is 11.5 Å². The molecule has 3 aromatic rings. The van der Waals surface area contributed by atoms with Crippen LogP contribution in [0.1, 0.15) is 35.1 Å². The van der Waals surface area contributed by atoms with Gasteiger partial charge < -0.3 is 19.7 Å². The minimum Gasteiger partial charge on any atom is -0.489 e. The fraction of sp³-hybridized carbons (Fsp3) is 0.300. The average Bonchev–Trinajstić information content (AvgIpc) is 2.89. The summed E-state index contributed by atoms with van der Waals surface area (Å²) in [6.45, 7) is 4.60. The van der Waals surface area contributed by atoms with Crippen LogP contribution in [0.4, 0.5) is 0 Å². The predicted octanol–water partition coefficient (Wildman–Crippen LogP) is 5.69. The van der Waals surface area contributed by atoms with E-state index in [1.165, 1.54) is 5.56 Å². The molecule has 7 heteroatoms. The van der Waals surface area contributed by atoms with Crippen LogP contribution in [0.2, 0.25) is 0 Å². The van der Waals surface area contributed by atoms with Gasteiger partial charge in [0.2, 0.25) is 0 Å². The molecule has 2 N–H and O–H groups in total. The SMILES string of the molecule is Cc1cc(OC/C=C(/c2ccc(Br)cc2)c2ccc(CN3CCC(O)CC3)cc2)ccc1OCC(=O)O. The maximum Gasteiger partial charge on any atom is 0.341 e. The Morgan fingerprint density at radius 2 is 1.65 bits per heavy atom. The van der Waals surface area contributed by atoms with Gasteiger partial charge in [0.25, 0.3) is 0 Å². The minimum atomic E-state index is -1.01. The number of carbonyl (C=O) groups is 1. The van der Waals surface area contributed by atoms with Crippen molar-refractivity contribution >= 4 is 27.5 Å². The number of halogens is 1. The van der Waals surface area contributed by atoms with Gasteiger partial charge in [0.15, 0.2) is 6.61 Å². The molecular formula is C30H32BrNO5. The van der Waals surface area contributed by atoms with Gasteiger partial charge in [0.05, 0.1) is 6.10 Å². The molecular weight excluding hydrogens is 534 g/mol. The molecule has 37 heavy (non-hydrogen) atoms. The molecule has 4 rings (SSSR count). The average molecular weight is 566 g/mol. The van der Waals surface area contributed by atoms with Crippen LogP contribution in [0.15, 0.2) is 77.3 Å². The Labute approximate surface area is 226 Å². The maximum absolute atomic E-state index is 10.8. The topological polar surface area (TPSA) is 79.2 Å². The summed E-state index contributed by atoms with van der Waals surface area (Å²) in [6.07, 6.45) is 3.60. The first kappa shape index (κ1) is 26.9. The van der Waals surface area contributed by atoms with E-state index in [2.05, 4.69) is 63.3 Å². The number of nitrogens with zero attached hydrogens (tertiary/aromatic N) is 1. The van der Waals surface area contributed by atoms with Gasteiger partial charge >= 0.3 is 5.97 Å². The number of hydrogen-bond acceptors (Lipinski definition) is 5. The predicted molar refractivity (Wildman–Crippen MR) is 148 cm³/mol. The van der Waals surface area contributed by atoms with Crippen molar-refractivity contribution in [1.29, 1.82) is 0 Å². The largest absolute Gasteiger partial charge is 0.489 e. The van der Waals surface area contributed by atoms with E-state index in [9.17, 15) is 9.90 Å². The quantitative estimate of drug-likeness (QED) is 0.329. The number of ether oxygens (including phenoxy) is 2. The molecule has 1 heterocycles. The summed E-state index contributed by atoms with van der Waals surface area (Å²) in [7, 11) is 0. The van der Waals surface area contributed by atoms with Crippen LogP contribution in [0.3, 0.4) is 0 Å². The zero-order chi connectivity index (χ0) is 26.2. The summed E-state index contributed by atoms with van der Waals surface area (Å²) in [4.78, 5) is 13.1. The molecule has 194 valence electrons. The molecule has 0 atom stereocenters. The molecule has 0 radical (unpaired) electrons. The summed E-state index contributed by atoms with van der Waals surface area (Å²) in [6, 6.07) is 22.2. The zero-order valence-electron chi connectivity index (χ0n) is 20.9. The minimum absolute atomic E-state index is 0.161. The van der Waals surface area contributed by atoms with Gasteiger partial charge in [-0.1, -0.05) is 52.3 Å². The number of carboxylic acids is 1. The molecule has 0 saturated carbocycles. The van der Waals surface area contributed by atoms with Gasteiger partial charge in [-0.2, -0.15) is 0 Å². The highest BCUT2D eigenvalue weighted by atomic mass is 79.9. The van der Waals surface area contributed by atoms with Crippen LogP contribution in [0, 0.1) is 6.92 Å². The Bertz CT molecular complexity index is 1220. The third-order valence-corrected chi connectivity index (χ3v) is 6.95. The second-order valence-corrected chi connectivity index (χ2v) is 10.2. The fourth-order valence-electron chi connectivity index (χ4n) is 4.39. The highest BCUT2D eigenvalue weighted by Gasteiger charge is 2.17. The lowest BCUT2D eigenvalue weighted by atomic mass is 9.96. The number of aryl methyl sites for hydroxylation is 1. The number of rotatable bonds is 10. The number of aliphatic carboxylic acids is 1. The molecule has 0 amide bonds. The second kappa shape index (κ2) is 12.9. The van der Waals surface area contributed by atoms with Gasteiger partial charge in [-0.25, -0.2) is 4.79 Å². The zero-order valence-corrected chi connectivity index (χ0v) is 22.5. The van der Waals surface area contributed by atoms with Gasteiger partial charge in [-0.15, -0.1) is 0 Å². The van der Waals surface area contributed by atoms with E-state index in [1.54, 1.807) is 12.1 Å². The molecule has 3 aromatic carbocycles. The summed E-state index contributed by atoms with van der Waals surface area (Å²) in [5.74, 6) is 0.208. The Kier molecular flexibility index (Phi) is 9.39. The Morgan fingerprint density at radius 1 is 1.00 bits per heavy atom. The lowest BCUT2D eigenvalue weighted by molar-refractivity contribution is -0.139. The van der Waals surface area contributed by atoms with Crippen LogP contribution >= 0.6 is 15.9 Å². The fourth-order valence-corrected chi connectivity index (χ4v) is 4.66. The molecule has 0 unspecified atom stereocenters. The number of piperidine rings is 1. The van der Waals surface area contributed by atoms with Gasteiger partial charge in [-0.05, 0) is 84.0 Å². The van der Waals surface area contributed by atoms with Crippen molar-refractivity contribution in [2.24, 2.45) is 0 Å². The van der Waals surface area contributed by atoms with Crippen LogP contribution < -0.4 is 9.47 Å². The molecule has 0 spiro atoms. The smallest absolute Gasteiger partial charge is 0.341 e. The molecule has 1 fully saturated rings. The van der Waals surface area contributed by atoms with Crippen molar-refractivity contribution in [2.45, 2.75) is 32.4 Å². The molecule has 1 aliphatic rings. The Hall–Kier alpha value is -3.13. The van der Waals surface area contributed by atoms with E-state index in [4.69, 9.17) is 14.6 Å². The highest BCUT2D eigenvalue weighted by Crippen LogP contribution is 2.27. The van der Waals surface area contributed by atoms with Crippen LogP contribution in [-0.4, -0.2) is 53.5 Å². The molecule has 1 aliphatic heterocycles. The molecule has 1 saturated heterocycles. The van der Waals surface area contributed by atoms with E-state index in [-0.39, 0.29) is 12.7 Å². The first-order chi connectivity index (χ1) is 17.9. The van der Waals surface area contributed by atoms with Crippen LogP contribution in [0.25, 0.3) is 5.57 Å². The van der Waals surface area contributed by atoms with Crippen molar-refractivity contribution in [3.63, 3.8) is 0 Å².